The average Bonchev–Trinajstić information content (AvgIpc) is 2.07. The van der Waals surface area contributed by atoms with Crippen LogP contribution in [0.4, 0.5) is 4.79 Å². The largest absolute Gasteiger partial charge is 0.356 e. The third kappa shape index (κ3) is 3.18. The molecule has 1 saturated heterocycles. The van der Waals surface area contributed by atoms with E-state index in [1.807, 2.05) is 13.8 Å². The van der Waals surface area contributed by atoms with Crippen molar-refractivity contribution in [1.82, 2.24) is 10.6 Å². The Bertz CT molecular complexity index is 271. The number of allylic oxidation sites excluding steroid dienone is 1. The van der Waals surface area contributed by atoms with E-state index in [4.69, 9.17) is 4.74 Å². The molecule has 1 aliphatic rings. The fourth-order valence-electron chi connectivity index (χ4n) is 1.10. The minimum Gasteiger partial charge on any atom is -0.356 e. The lowest BCUT2D eigenvalue weighted by Crippen LogP contribution is -2.44. The van der Waals surface area contributed by atoms with E-state index in [1.54, 1.807) is 6.08 Å². The van der Waals surface area contributed by atoms with Gasteiger partial charge in [0.1, 0.15) is 6.73 Å². The van der Waals surface area contributed by atoms with Crippen LogP contribution in [0.1, 0.15) is 13.8 Å². The van der Waals surface area contributed by atoms with Gasteiger partial charge in [0.15, 0.2) is 0 Å². The third-order valence-corrected chi connectivity index (χ3v) is 1.65. The highest BCUT2D eigenvalue weighted by atomic mass is 16.5. The summed E-state index contributed by atoms with van der Waals surface area (Å²) >= 11 is 0. The van der Waals surface area contributed by atoms with Crippen molar-refractivity contribution in [2.75, 3.05) is 13.3 Å². The number of imide groups is 1. The van der Waals surface area contributed by atoms with Crippen LogP contribution in [0.2, 0.25) is 0 Å². The van der Waals surface area contributed by atoms with Crippen LogP contribution in [-0.4, -0.2) is 25.3 Å². The molecule has 0 aromatic heterocycles. The van der Waals surface area contributed by atoms with E-state index in [2.05, 4.69) is 10.6 Å². The second-order valence-electron chi connectivity index (χ2n) is 3.39. The Morgan fingerprint density at radius 3 is 2.79 bits per heavy atom. The molecule has 0 saturated carbocycles. The molecule has 14 heavy (non-hydrogen) atoms. The first-order valence-corrected chi connectivity index (χ1v) is 4.47. The van der Waals surface area contributed by atoms with Crippen molar-refractivity contribution in [3.05, 3.63) is 11.6 Å². The van der Waals surface area contributed by atoms with Crippen molar-refractivity contribution >= 4 is 11.9 Å². The molecular formula is C9H14N2O3. The Balaban J connectivity index is 2.72. The molecule has 0 spiro atoms. The van der Waals surface area contributed by atoms with Gasteiger partial charge in [-0.25, -0.2) is 4.79 Å². The molecule has 0 aromatic rings. The van der Waals surface area contributed by atoms with E-state index >= 15 is 0 Å². The Labute approximate surface area is 82.5 Å². The minimum absolute atomic E-state index is 0.120. The zero-order chi connectivity index (χ0) is 10.6. The molecule has 1 aliphatic heterocycles. The fraction of sp³-hybridized carbons (Fsp3) is 0.556. The van der Waals surface area contributed by atoms with E-state index in [1.165, 1.54) is 0 Å². The first-order chi connectivity index (χ1) is 6.59. The lowest BCUT2D eigenvalue weighted by atomic mass is 10.1. The van der Waals surface area contributed by atoms with Crippen LogP contribution < -0.4 is 10.6 Å². The fourth-order valence-corrected chi connectivity index (χ4v) is 1.10. The van der Waals surface area contributed by atoms with E-state index in [0.29, 0.717) is 5.57 Å². The quantitative estimate of drug-likeness (QED) is 0.599. The van der Waals surface area contributed by atoms with Gasteiger partial charge in [-0.2, -0.15) is 0 Å². The van der Waals surface area contributed by atoms with Crippen LogP contribution in [0.25, 0.3) is 0 Å². The van der Waals surface area contributed by atoms with Crippen molar-refractivity contribution in [1.29, 1.82) is 0 Å². The van der Waals surface area contributed by atoms with Crippen molar-refractivity contribution < 1.29 is 14.3 Å². The first kappa shape index (κ1) is 10.7. The summed E-state index contributed by atoms with van der Waals surface area (Å²) in [7, 11) is 0. The van der Waals surface area contributed by atoms with E-state index in [9.17, 15) is 9.59 Å². The number of hydrogen-bond acceptors (Lipinski definition) is 3. The number of carbonyl (C=O) groups excluding carboxylic acids is 2. The van der Waals surface area contributed by atoms with Gasteiger partial charge in [0.25, 0.3) is 5.91 Å². The molecule has 78 valence electrons. The maximum Gasteiger partial charge on any atom is 0.323 e. The molecule has 5 nitrogen and oxygen atoms in total. The van der Waals surface area contributed by atoms with Gasteiger partial charge in [-0.05, 0) is 5.92 Å². The van der Waals surface area contributed by atoms with Crippen LogP contribution in [-0.2, 0) is 9.53 Å². The summed E-state index contributed by atoms with van der Waals surface area (Å²) in [6, 6.07) is -0.524. The van der Waals surface area contributed by atoms with Crippen molar-refractivity contribution in [3.63, 3.8) is 0 Å². The molecule has 3 amide bonds. The Kier molecular flexibility index (Phi) is 3.64. The second kappa shape index (κ2) is 4.76. The minimum atomic E-state index is -0.524. The van der Waals surface area contributed by atoms with Crippen molar-refractivity contribution in [3.8, 4) is 0 Å². The highest BCUT2D eigenvalue weighted by Crippen LogP contribution is 2.04. The molecule has 0 bridgehead atoms. The van der Waals surface area contributed by atoms with Crippen LogP contribution in [0, 0.1) is 5.92 Å². The van der Waals surface area contributed by atoms with Gasteiger partial charge in [0, 0.05) is 5.57 Å². The zero-order valence-corrected chi connectivity index (χ0v) is 8.29. The van der Waals surface area contributed by atoms with Crippen LogP contribution in [0.3, 0.4) is 0 Å². The molecule has 5 heteroatoms. The second-order valence-corrected chi connectivity index (χ2v) is 3.39. The number of urea groups is 1. The average molecular weight is 198 g/mol. The smallest absolute Gasteiger partial charge is 0.323 e. The summed E-state index contributed by atoms with van der Waals surface area (Å²) in [5, 5.41) is 4.57. The molecule has 0 aliphatic carbocycles. The molecule has 0 radical (unpaired) electrons. The zero-order valence-electron chi connectivity index (χ0n) is 8.29. The van der Waals surface area contributed by atoms with Crippen LogP contribution in [0.15, 0.2) is 11.6 Å². The van der Waals surface area contributed by atoms with E-state index in [0.717, 1.165) is 0 Å². The maximum absolute atomic E-state index is 11.4. The van der Waals surface area contributed by atoms with Crippen LogP contribution in [0.5, 0.6) is 0 Å². The van der Waals surface area contributed by atoms with Gasteiger partial charge in [-0.1, -0.05) is 19.9 Å². The summed E-state index contributed by atoms with van der Waals surface area (Å²) in [4.78, 5) is 22.3. The molecule has 1 heterocycles. The predicted octanol–water partition coefficient (Wildman–Crippen LogP) is 0.382. The molecule has 0 aromatic carbocycles. The third-order valence-electron chi connectivity index (χ3n) is 1.65. The maximum atomic E-state index is 11.4. The van der Waals surface area contributed by atoms with Crippen molar-refractivity contribution in [2.45, 2.75) is 13.8 Å². The highest BCUT2D eigenvalue weighted by Gasteiger charge is 2.16. The monoisotopic (exact) mass is 198 g/mol. The number of rotatable bonds is 1. The first-order valence-electron chi connectivity index (χ1n) is 4.47. The predicted molar refractivity (Wildman–Crippen MR) is 50.4 cm³/mol. The number of amides is 3. The normalized spacial score (nSPS) is 21.5. The van der Waals surface area contributed by atoms with Gasteiger partial charge in [-0.3, -0.25) is 10.1 Å². The Hall–Kier alpha value is -1.36. The summed E-state index contributed by atoms with van der Waals surface area (Å²) in [6.07, 6.45) is 1.79. The molecular weight excluding hydrogens is 184 g/mol. The standard InChI is InChI=1S/C9H14N2O3/c1-6(2)3-7-4-14-5-10-9(13)11-8(7)12/h3,6H,4-5H2,1-2H3,(H2,10,11,12,13)/b7-3+. The Morgan fingerprint density at radius 1 is 1.43 bits per heavy atom. The van der Waals surface area contributed by atoms with Gasteiger partial charge in [-0.15, -0.1) is 0 Å². The highest BCUT2D eigenvalue weighted by molar-refractivity contribution is 6.04. The summed E-state index contributed by atoms with van der Waals surface area (Å²) in [6.45, 7) is 4.26. The number of ether oxygens (including phenoxy) is 1. The van der Waals surface area contributed by atoms with Crippen LogP contribution >= 0.6 is 0 Å². The van der Waals surface area contributed by atoms with Gasteiger partial charge in [0.05, 0.1) is 6.61 Å². The van der Waals surface area contributed by atoms with Crippen molar-refractivity contribution in [2.24, 2.45) is 5.92 Å². The molecule has 1 rings (SSSR count). The molecule has 1 fully saturated rings. The molecule has 0 unspecified atom stereocenters. The summed E-state index contributed by atoms with van der Waals surface area (Å²) in [5.74, 6) is -0.141. The number of nitrogens with one attached hydrogen (secondary N) is 2. The topological polar surface area (TPSA) is 67.4 Å². The lowest BCUT2D eigenvalue weighted by molar-refractivity contribution is -0.117. The number of carbonyl (C=O) groups is 2. The van der Waals surface area contributed by atoms with Gasteiger partial charge >= 0.3 is 6.03 Å². The van der Waals surface area contributed by atoms with E-state index in [-0.39, 0.29) is 19.3 Å². The lowest BCUT2D eigenvalue weighted by Gasteiger charge is -2.14. The Morgan fingerprint density at radius 2 is 2.14 bits per heavy atom. The summed E-state index contributed by atoms with van der Waals surface area (Å²) in [5.41, 5.74) is 0.495. The van der Waals surface area contributed by atoms with E-state index < -0.39 is 11.9 Å². The SMILES string of the molecule is CC(C)/C=C1\COCNC(=O)NC1=O. The van der Waals surface area contributed by atoms with Gasteiger partial charge < -0.3 is 10.1 Å². The number of hydrogen-bond donors (Lipinski definition) is 2. The molecule has 0 atom stereocenters. The molecule has 2 N–H and O–H groups in total. The summed E-state index contributed by atoms with van der Waals surface area (Å²) < 4.78 is 5.07. The van der Waals surface area contributed by atoms with Gasteiger partial charge in [0.2, 0.25) is 0 Å².